The Bertz CT molecular complexity index is 425. The molecule has 22 heavy (non-hydrogen) atoms. The highest BCUT2D eigenvalue weighted by atomic mass is 16.5. The molecule has 2 rings (SSSR count). The number of hydrogen-bond acceptors (Lipinski definition) is 4. The quantitative estimate of drug-likeness (QED) is 0.674. The van der Waals surface area contributed by atoms with Crippen LogP contribution in [0.1, 0.15) is 40.0 Å². The van der Waals surface area contributed by atoms with E-state index in [1.54, 1.807) is 0 Å². The van der Waals surface area contributed by atoms with Gasteiger partial charge in [0.25, 0.3) is 0 Å². The van der Waals surface area contributed by atoms with Crippen LogP contribution in [0.3, 0.4) is 0 Å². The molecule has 1 aliphatic carbocycles. The molecule has 2 fully saturated rings. The summed E-state index contributed by atoms with van der Waals surface area (Å²) in [6, 6.07) is 0.203. The van der Waals surface area contributed by atoms with Gasteiger partial charge in [-0.05, 0) is 39.7 Å². The number of carboxylic acid groups (broad SMARTS) is 1. The Morgan fingerprint density at radius 1 is 1.41 bits per heavy atom. The van der Waals surface area contributed by atoms with Crippen molar-refractivity contribution in [2.45, 2.75) is 63.8 Å². The molecule has 126 valence electrons. The summed E-state index contributed by atoms with van der Waals surface area (Å²) in [5, 5.41) is 14.9. The van der Waals surface area contributed by atoms with E-state index in [1.165, 1.54) is 0 Å². The molecular weight excluding hydrogens is 286 g/mol. The van der Waals surface area contributed by atoms with Crippen molar-refractivity contribution in [3.8, 4) is 0 Å². The van der Waals surface area contributed by atoms with Gasteiger partial charge in [0.1, 0.15) is 0 Å². The van der Waals surface area contributed by atoms with Gasteiger partial charge < -0.3 is 20.5 Å². The molecule has 7 nitrogen and oxygen atoms in total. The number of ether oxygens (including phenoxy) is 1. The molecule has 2 amide bonds. The Balaban J connectivity index is 1.73. The summed E-state index contributed by atoms with van der Waals surface area (Å²) in [6.07, 6.45) is 2.43. The molecule has 0 aromatic carbocycles. The molecule has 0 spiro atoms. The van der Waals surface area contributed by atoms with Crippen molar-refractivity contribution in [1.82, 2.24) is 15.5 Å². The highest BCUT2D eigenvalue weighted by Gasteiger charge is 2.40. The normalized spacial score (nSPS) is 34.3. The van der Waals surface area contributed by atoms with Gasteiger partial charge in [0, 0.05) is 18.7 Å². The van der Waals surface area contributed by atoms with Gasteiger partial charge in [-0.2, -0.15) is 0 Å². The molecule has 0 aromatic rings. The van der Waals surface area contributed by atoms with Gasteiger partial charge >= 0.3 is 12.0 Å². The molecule has 2 aliphatic rings. The summed E-state index contributed by atoms with van der Waals surface area (Å²) in [6.45, 7) is 7.37. The lowest BCUT2D eigenvalue weighted by atomic mass is 9.85. The fourth-order valence-corrected chi connectivity index (χ4v) is 3.16. The topological polar surface area (TPSA) is 90.9 Å². The Morgan fingerprint density at radius 3 is 2.59 bits per heavy atom. The van der Waals surface area contributed by atoms with Gasteiger partial charge in [0.05, 0.1) is 18.2 Å². The third-order valence-corrected chi connectivity index (χ3v) is 4.99. The summed E-state index contributed by atoms with van der Waals surface area (Å²) in [4.78, 5) is 24.8. The van der Waals surface area contributed by atoms with E-state index in [-0.39, 0.29) is 36.3 Å². The number of nitrogens with one attached hydrogen (secondary N) is 2. The number of nitrogens with zero attached hydrogens (tertiary/aromatic N) is 1. The van der Waals surface area contributed by atoms with Crippen LogP contribution < -0.4 is 10.6 Å². The van der Waals surface area contributed by atoms with E-state index in [1.807, 2.05) is 25.7 Å². The van der Waals surface area contributed by atoms with Crippen LogP contribution in [0.4, 0.5) is 4.79 Å². The van der Waals surface area contributed by atoms with Gasteiger partial charge in [-0.1, -0.05) is 6.92 Å². The van der Waals surface area contributed by atoms with Gasteiger partial charge in [-0.25, -0.2) is 4.79 Å². The fraction of sp³-hybridized carbons (Fsp3) is 0.867. The Labute approximate surface area is 131 Å². The van der Waals surface area contributed by atoms with E-state index >= 15 is 0 Å². The van der Waals surface area contributed by atoms with Crippen LogP contribution in [-0.2, 0) is 9.53 Å². The van der Waals surface area contributed by atoms with Crippen LogP contribution in [0.15, 0.2) is 0 Å². The number of carbonyl (C=O) groups is 2. The number of urea groups is 1. The second kappa shape index (κ2) is 6.83. The number of amides is 2. The van der Waals surface area contributed by atoms with Crippen molar-refractivity contribution in [2.75, 3.05) is 19.7 Å². The molecule has 0 aromatic heterocycles. The lowest BCUT2D eigenvalue weighted by Gasteiger charge is -2.42. The van der Waals surface area contributed by atoms with E-state index in [0.717, 1.165) is 19.3 Å². The third-order valence-electron chi connectivity index (χ3n) is 4.99. The minimum atomic E-state index is -0.806. The zero-order valence-corrected chi connectivity index (χ0v) is 13.6. The van der Waals surface area contributed by atoms with Crippen LogP contribution >= 0.6 is 0 Å². The number of rotatable bonds is 6. The molecule has 3 N–H and O–H groups in total. The number of likely N-dealkylation sites (N-methyl/N-ethyl adjacent to an activating group) is 1. The number of carboxylic acids is 1. The monoisotopic (exact) mass is 313 g/mol. The first kappa shape index (κ1) is 17.0. The van der Waals surface area contributed by atoms with Crippen molar-refractivity contribution >= 4 is 12.0 Å². The van der Waals surface area contributed by atoms with E-state index in [0.29, 0.717) is 13.2 Å². The van der Waals surface area contributed by atoms with Crippen molar-refractivity contribution in [3.05, 3.63) is 0 Å². The van der Waals surface area contributed by atoms with Crippen LogP contribution in [0.25, 0.3) is 0 Å². The zero-order chi connectivity index (χ0) is 16.3. The molecule has 2 unspecified atom stereocenters. The maximum Gasteiger partial charge on any atom is 0.317 e. The van der Waals surface area contributed by atoms with Crippen molar-refractivity contribution in [2.24, 2.45) is 0 Å². The van der Waals surface area contributed by atoms with Gasteiger partial charge in [0.15, 0.2) is 0 Å². The van der Waals surface area contributed by atoms with Crippen LogP contribution in [0.2, 0.25) is 0 Å². The molecular formula is C15H27N3O4. The molecule has 0 radical (unpaired) electrons. The molecule has 1 saturated heterocycles. The molecule has 0 bridgehead atoms. The predicted molar refractivity (Wildman–Crippen MR) is 81.8 cm³/mol. The highest BCUT2D eigenvalue weighted by molar-refractivity contribution is 5.75. The minimum absolute atomic E-state index is 0.0125. The Hall–Kier alpha value is -1.34. The molecule has 1 aliphatic heterocycles. The van der Waals surface area contributed by atoms with E-state index in [2.05, 4.69) is 10.6 Å². The molecule has 2 atom stereocenters. The van der Waals surface area contributed by atoms with Crippen molar-refractivity contribution in [1.29, 1.82) is 0 Å². The molecule has 1 heterocycles. The summed E-state index contributed by atoms with van der Waals surface area (Å²) < 4.78 is 5.51. The summed E-state index contributed by atoms with van der Waals surface area (Å²) in [7, 11) is 0. The van der Waals surface area contributed by atoms with Crippen LogP contribution in [0, 0.1) is 0 Å². The summed E-state index contributed by atoms with van der Waals surface area (Å²) in [5.74, 6) is -0.806. The number of carbonyl (C=O) groups excluding carboxylic acids is 1. The van der Waals surface area contributed by atoms with E-state index < -0.39 is 5.97 Å². The number of hydrogen-bond donors (Lipinski definition) is 3. The number of aliphatic carboxylic acids is 1. The van der Waals surface area contributed by atoms with Crippen molar-refractivity contribution in [3.63, 3.8) is 0 Å². The highest BCUT2D eigenvalue weighted by Crippen LogP contribution is 2.27. The minimum Gasteiger partial charge on any atom is -0.480 e. The second-order valence-corrected chi connectivity index (χ2v) is 6.56. The maximum absolute atomic E-state index is 12.1. The SMILES string of the molecule is CCN(CC(=O)O)C1CC(NC(=O)NC2(C)CCOC2C)C1. The molecule has 7 heteroatoms. The lowest BCUT2D eigenvalue weighted by Crippen LogP contribution is -2.60. The average molecular weight is 313 g/mol. The van der Waals surface area contributed by atoms with E-state index in [4.69, 9.17) is 9.84 Å². The third kappa shape index (κ3) is 3.89. The maximum atomic E-state index is 12.1. The van der Waals surface area contributed by atoms with Gasteiger partial charge in [-0.3, -0.25) is 9.69 Å². The second-order valence-electron chi connectivity index (χ2n) is 6.56. The van der Waals surface area contributed by atoms with Crippen LogP contribution in [0.5, 0.6) is 0 Å². The summed E-state index contributed by atoms with van der Waals surface area (Å²) in [5.41, 5.74) is -0.313. The predicted octanol–water partition coefficient (Wildman–Crippen LogP) is 0.791. The lowest BCUT2D eigenvalue weighted by molar-refractivity contribution is -0.139. The molecule has 1 saturated carbocycles. The Morgan fingerprint density at radius 2 is 2.09 bits per heavy atom. The zero-order valence-electron chi connectivity index (χ0n) is 13.6. The Kier molecular flexibility index (Phi) is 5.28. The van der Waals surface area contributed by atoms with E-state index in [9.17, 15) is 9.59 Å². The van der Waals surface area contributed by atoms with Gasteiger partial charge in [-0.15, -0.1) is 0 Å². The average Bonchev–Trinajstić information content (AvgIpc) is 2.70. The first-order valence-electron chi connectivity index (χ1n) is 8.00. The first-order valence-corrected chi connectivity index (χ1v) is 8.00. The van der Waals surface area contributed by atoms with Crippen LogP contribution in [-0.4, -0.2) is 65.4 Å². The van der Waals surface area contributed by atoms with Crippen molar-refractivity contribution < 1.29 is 19.4 Å². The summed E-state index contributed by atoms with van der Waals surface area (Å²) >= 11 is 0. The largest absolute Gasteiger partial charge is 0.480 e. The smallest absolute Gasteiger partial charge is 0.317 e. The first-order chi connectivity index (χ1) is 10.3. The standard InChI is InChI=1S/C15H27N3O4/c1-4-18(9-13(19)20)12-7-11(8-12)16-14(21)17-15(3)5-6-22-10(15)2/h10-12H,4-9H2,1-3H3,(H,19,20)(H2,16,17,21). The van der Waals surface area contributed by atoms with Gasteiger partial charge in [0.2, 0.25) is 0 Å². The fourth-order valence-electron chi connectivity index (χ4n) is 3.16.